The maximum Gasteiger partial charge on any atom is 0.224 e. The van der Waals surface area contributed by atoms with Gasteiger partial charge in [0.2, 0.25) is 5.91 Å². The Kier molecular flexibility index (Phi) is 9.49. The summed E-state index contributed by atoms with van der Waals surface area (Å²) in [6.45, 7) is 2.75. The zero-order valence-corrected chi connectivity index (χ0v) is 15.7. The van der Waals surface area contributed by atoms with Gasteiger partial charge in [-0.25, -0.2) is 9.67 Å². The second kappa shape index (κ2) is 11.1. The number of rotatable bonds is 6. The standard InChI is InChI=1S/C17H23N5O.2ClH/c23-17(6-5-14-7-9-18-10-8-14)21-16-4-2-1-3-15(16)11-22-13-19-12-20-22;;/h1-4,12-14,18H,5-11H2,(H,21,23);2*1H. The molecule has 0 aliphatic carbocycles. The number of aromatic nitrogens is 3. The zero-order chi connectivity index (χ0) is 15.9. The summed E-state index contributed by atoms with van der Waals surface area (Å²) in [6, 6.07) is 7.85. The number of nitrogens with one attached hydrogen (secondary N) is 2. The number of halogens is 2. The Bertz CT molecular complexity index is 630. The first-order valence-corrected chi connectivity index (χ1v) is 8.22. The lowest BCUT2D eigenvalue weighted by Crippen LogP contribution is -2.28. The van der Waals surface area contributed by atoms with Crippen LogP contribution in [0.2, 0.25) is 0 Å². The minimum absolute atomic E-state index is 0. The van der Waals surface area contributed by atoms with Gasteiger partial charge in [-0.2, -0.15) is 5.10 Å². The maximum atomic E-state index is 12.2. The molecule has 1 aliphatic rings. The van der Waals surface area contributed by atoms with Crippen LogP contribution in [0.3, 0.4) is 0 Å². The van der Waals surface area contributed by atoms with Gasteiger partial charge >= 0.3 is 0 Å². The van der Waals surface area contributed by atoms with Gasteiger partial charge in [-0.05, 0) is 49.9 Å². The van der Waals surface area contributed by atoms with Crippen LogP contribution in [0.1, 0.15) is 31.2 Å². The van der Waals surface area contributed by atoms with Crippen molar-refractivity contribution in [3.8, 4) is 0 Å². The van der Waals surface area contributed by atoms with E-state index < -0.39 is 0 Å². The van der Waals surface area contributed by atoms with Gasteiger partial charge in [-0.3, -0.25) is 4.79 Å². The summed E-state index contributed by atoms with van der Waals surface area (Å²) in [5.41, 5.74) is 1.89. The molecule has 0 bridgehead atoms. The van der Waals surface area contributed by atoms with E-state index in [4.69, 9.17) is 0 Å². The molecule has 138 valence electrons. The first-order chi connectivity index (χ1) is 11.3. The molecule has 1 aromatic carbocycles. The van der Waals surface area contributed by atoms with Crippen molar-refractivity contribution in [1.29, 1.82) is 0 Å². The fourth-order valence-electron chi connectivity index (χ4n) is 2.99. The number of piperidine rings is 1. The van der Waals surface area contributed by atoms with Crippen molar-refractivity contribution < 1.29 is 4.79 Å². The molecule has 25 heavy (non-hydrogen) atoms. The van der Waals surface area contributed by atoms with Crippen LogP contribution in [0.5, 0.6) is 0 Å². The minimum atomic E-state index is 0. The van der Waals surface area contributed by atoms with Gasteiger partial charge in [0.05, 0.1) is 6.54 Å². The number of hydrogen-bond acceptors (Lipinski definition) is 4. The van der Waals surface area contributed by atoms with Gasteiger partial charge in [0.1, 0.15) is 12.7 Å². The van der Waals surface area contributed by atoms with E-state index in [-0.39, 0.29) is 30.7 Å². The van der Waals surface area contributed by atoms with E-state index in [9.17, 15) is 4.79 Å². The summed E-state index contributed by atoms with van der Waals surface area (Å²) in [5, 5.41) is 10.5. The maximum absolute atomic E-state index is 12.2. The molecular formula is C17H25Cl2N5O. The van der Waals surface area contributed by atoms with Gasteiger partial charge < -0.3 is 10.6 Å². The number of carbonyl (C=O) groups excluding carboxylic acids is 1. The van der Waals surface area contributed by atoms with Gasteiger partial charge in [-0.1, -0.05) is 18.2 Å². The number of hydrogen-bond donors (Lipinski definition) is 2. The number of anilines is 1. The third-order valence-electron chi connectivity index (χ3n) is 4.33. The van der Waals surface area contributed by atoms with Gasteiger partial charge in [0.25, 0.3) is 0 Å². The molecule has 8 heteroatoms. The van der Waals surface area contributed by atoms with Gasteiger partial charge in [0, 0.05) is 12.1 Å². The highest BCUT2D eigenvalue weighted by Gasteiger charge is 2.15. The van der Waals surface area contributed by atoms with Crippen LogP contribution in [-0.2, 0) is 11.3 Å². The molecule has 1 saturated heterocycles. The number of amides is 1. The average Bonchev–Trinajstić information content (AvgIpc) is 3.09. The third-order valence-corrected chi connectivity index (χ3v) is 4.33. The fraction of sp³-hybridized carbons (Fsp3) is 0.471. The summed E-state index contributed by atoms with van der Waals surface area (Å²) in [6.07, 6.45) is 7.10. The smallest absolute Gasteiger partial charge is 0.224 e. The Hall–Kier alpha value is -1.63. The molecule has 0 spiro atoms. The topological polar surface area (TPSA) is 71.8 Å². The summed E-state index contributed by atoms with van der Waals surface area (Å²) >= 11 is 0. The van der Waals surface area contributed by atoms with Crippen molar-refractivity contribution in [1.82, 2.24) is 20.1 Å². The van der Waals surface area contributed by atoms with E-state index in [1.54, 1.807) is 11.0 Å². The summed E-state index contributed by atoms with van der Waals surface area (Å²) in [4.78, 5) is 16.2. The SMILES string of the molecule is Cl.Cl.O=C(CCC1CCNCC1)Nc1ccccc1Cn1cncn1. The van der Waals surface area contributed by atoms with E-state index in [0.29, 0.717) is 18.9 Å². The molecule has 6 nitrogen and oxygen atoms in total. The lowest BCUT2D eigenvalue weighted by molar-refractivity contribution is -0.116. The van der Waals surface area contributed by atoms with Crippen LogP contribution in [0, 0.1) is 5.92 Å². The Labute approximate surface area is 160 Å². The highest BCUT2D eigenvalue weighted by Crippen LogP contribution is 2.20. The van der Waals surface area contributed by atoms with E-state index >= 15 is 0 Å². The number of para-hydroxylation sites is 1. The number of nitrogens with zero attached hydrogens (tertiary/aromatic N) is 3. The van der Waals surface area contributed by atoms with Crippen LogP contribution in [0.25, 0.3) is 0 Å². The molecule has 2 N–H and O–H groups in total. The zero-order valence-electron chi connectivity index (χ0n) is 14.1. The molecule has 1 aliphatic heterocycles. The third kappa shape index (κ3) is 6.65. The highest BCUT2D eigenvalue weighted by atomic mass is 35.5. The largest absolute Gasteiger partial charge is 0.326 e. The van der Waals surface area contributed by atoms with Crippen LogP contribution in [0.4, 0.5) is 5.69 Å². The molecule has 2 heterocycles. The summed E-state index contributed by atoms with van der Waals surface area (Å²) < 4.78 is 1.75. The highest BCUT2D eigenvalue weighted by molar-refractivity contribution is 5.91. The molecule has 2 aromatic rings. The summed E-state index contributed by atoms with van der Waals surface area (Å²) in [7, 11) is 0. The van der Waals surface area contributed by atoms with Crippen molar-refractivity contribution in [2.45, 2.75) is 32.2 Å². The second-order valence-corrected chi connectivity index (χ2v) is 6.03. The Morgan fingerprint density at radius 2 is 2.00 bits per heavy atom. The average molecular weight is 386 g/mol. The molecule has 0 unspecified atom stereocenters. The molecule has 0 radical (unpaired) electrons. The van der Waals surface area contributed by atoms with Crippen molar-refractivity contribution in [3.05, 3.63) is 42.5 Å². The predicted octanol–water partition coefficient (Wildman–Crippen LogP) is 2.89. The predicted molar refractivity (Wildman–Crippen MR) is 104 cm³/mol. The van der Waals surface area contributed by atoms with Gasteiger partial charge in [-0.15, -0.1) is 24.8 Å². The quantitative estimate of drug-likeness (QED) is 0.801. The minimum Gasteiger partial charge on any atom is -0.326 e. The van der Waals surface area contributed by atoms with Crippen LogP contribution in [-0.4, -0.2) is 33.8 Å². The molecule has 1 aromatic heterocycles. The molecule has 1 fully saturated rings. The molecule has 3 rings (SSSR count). The first-order valence-electron chi connectivity index (χ1n) is 8.22. The first kappa shape index (κ1) is 21.4. The molecular weight excluding hydrogens is 361 g/mol. The van der Waals surface area contributed by atoms with Crippen molar-refractivity contribution >= 4 is 36.4 Å². The van der Waals surface area contributed by atoms with Crippen LogP contribution < -0.4 is 10.6 Å². The Balaban J connectivity index is 0.00000156. The molecule has 0 atom stereocenters. The monoisotopic (exact) mass is 385 g/mol. The van der Waals surface area contributed by atoms with Crippen molar-refractivity contribution in [3.63, 3.8) is 0 Å². The van der Waals surface area contributed by atoms with Crippen molar-refractivity contribution in [2.75, 3.05) is 18.4 Å². The fourth-order valence-corrected chi connectivity index (χ4v) is 2.99. The van der Waals surface area contributed by atoms with E-state index in [1.165, 1.54) is 19.2 Å². The second-order valence-electron chi connectivity index (χ2n) is 6.03. The Morgan fingerprint density at radius 1 is 1.24 bits per heavy atom. The Morgan fingerprint density at radius 3 is 2.72 bits per heavy atom. The molecule has 1 amide bonds. The van der Waals surface area contributed by atoms with Crippen molar-refractivity contribution in [2.24, 2.45) is 5.92 Å². The normalized spacial score (nSPS) is 14.2. The number of benzene rings is 1. The number of carbonyl (C=O) groups is 1. The summed E-state index contributed by atoms with van der Waals surface area (Å²) in [5.74, 6) is 0.766. The lowest BCUT2D eigenvalue weighted by Gasteiger charge is -2.22. The molecule has 0 saturated carbocycles. The van der Waals surface area contributed by atoms with E-state index in [2.05, 4.69) is 20.7 Å². The van der Waals surface area contributed by atoms with E-state index in [1.807, 2.05) is 24.3 Å². The lowest BCUT2D eigenvalue weighted by atomic mass is 9.93. The van der Waals surface area contributed by atoms with Crippen LogP contribution >= 0.6 is 24.8 Å². The van der Waals surface area contributed by atoms with Crippen LogP contribution in [0.15, 0.2) is 36.9 Å². The van der Waals surface area contributed by atoms with Gasteiger partial charge in [0.15, 0.2) is 0 Å². The van der Waals surface area contributed by atoms with E-state index in [0.717, 1.165) is 30.8 Å².